The number of hydrogen-bond acceptors (Lipinski definition) is 6. The van der Waals surface area contributed by atoms with Crippen molar-refractivity contribution in [1.82, 2.24) is 20.4 Å². The molecule has 0 bridgehead atoms. The van der Waals surface area contributed by atoms with Crippen molar-refractivity contribution in [3.63, 3.8) is 0 Å². The molecular weight excluding hydrogens is 314 g/mol. The number of pyridine rings is 1. The highest BCUT2D eigenvalue weighted by Crippen LogP contribution is 2.17. The van der Waals surface area contributed by atoms with Gasteiger partial charge in [-0.3, -0.25) is 4.98 Å². The van der Waals surface area contributed by atoms with Gasteiger partial charge in [0.05, 0.1) is 17.3 Å². The number of nitrogens with zero attached hydrogens (tertiary/aromatic N) is 3. The molecule has 0 saturated heterocycles. The predicted molar refractivity (Wildman–Crippen MR) is 91.3 cm³/mol. The van der Waals surface area contributed by atoms with E-state index in [1.165, 1.54) is 0 Å². The third-order valence-corrected chi connectivity index (χ3v) is 3.55. The zero-order valence-electron chi connectivity index (χ0n) is 13.6. The molecule has 2 aromatic heterocycles. The van der Waals surface area contributed by atoms with Gasteiger partial charge in [0.15, 0.2) is 0 Å². The number of rotatable bonds is 8. The topological polar surface area (TPSA) is 72.0 Å². The van der Waals surface area contributed by atoms with Crippen molar-refractivity contribution in [2.75, 3.05) is 11.9 Å². The molecule has 1 atom stereocenters. The molecule has 0 spiro atoms. The fourth-order valence-electron chi connectivity index (χ4n) is 2.17. The summed E-state index contributed by atoms with van der Waals surface area (Å²) in [6.07, 6.45) is 5.74. The predicted octanol–water partition coefficient (Wildman–Crippen LogP) is 2.92. The van der Waals surface area contributed by atoms with E-state index in [0.717, 1.165) is 29.1 Å². The van der Waals surface area contributed by atoms with Crippen molar-refractivity contribution in [3.8, 4) is 0 Å². The molecule has 0 saturated carbocycles. The van der Waals surface area contributed by atoms with Crippen molar-refractivity contribution in [2.45, 2.75) is 39.8 Å². The van der Waals surface area contributed by atoms with Crippen LogP contribution in [0.2, 0.25) is 5.02 Å². The van der Waals surface area contributed by atoms with Gasteiger partial charge in [-0.2, -0.15) is 5.48 Å². The van der Waals surface area contributed by atoms with Crippen molar-refractivity contribution < 1.29 is 4.84 Å². The Kier molecular flexibility index (Phi) is 6.70. The molecule has 2 aromatic rings. The average molecular weight is 336 g/mol. The quantitative estimate of drug-likeness (QED) is 0.723. The summed E-state index contributed by atoms with van der Waals surface area (Å²) in [7, 11) is 0. The first kappa shape index (κ1) is 17.6. The number of halogens is 1. The van der Waals surface area contributed by atoms with Crippen LogP contribution < -0.4 is 10.8 Å². The lowest BCUT2D eigenvalue weighted by Gasteiger charge is -2.15. The Labute approximate surface area is 141 Å². The van der Waals surface area contributed by atoms with Crippen LogP contribution in [0.3, 0.4) is 0 Å². The second kappa shape index (κ2) is 8.76. The van der Waals surface area contributed by atoms with Crippen molar-refractivity contribution >= 4 is 17.4 Å². The fraction of sp³-hybridized carbons (Fsp3) is 0.438. The van der Waals surface area contributed by atoms with Crippen molar-refractivity contribution in [3.05, 3.63) is 46.6 Å². The Morgan fingerprint density at radius 3 is 2.87 bits per heavy atom. The summed E-state index contributed by atoms with van der Waals surface area (Å²) in [5.74, 6) is 0.818. The zero-order valence-corrected chi connectivity index (χ0v) is 14.4. The minimum absolute atomic E-state index is 0.175. The smallest absolute Gasteiger partial charge is 0.132 e. The van der Waals surface area contributed by atoms with Gasteiger partial charge in [0.2, 0.25) is 0 Å². The third kappa shape index (κ3) is 5.42. The first-order valence-electron chi connectivity index (χ1n) is 7.61. The molecule has 1 unspecified atom stereocenters. The van der Waals surface area contributed by atoms with E-state index in [9.17, 15) is 0 Å². The average Bonchev–Trinajstić information content (AvgIpc) is 2.54. The van der Waals surface area contributed by atoms with Crippen LogP contribution in [-0.4, -0.2) is 27.6 Å². The highest BCUT2D eigenvalue weighted by atomic mass is 35.5. The van der Waals surface area contributed by atoms with Crippen LogP contribution >= 0.6 is 11.6 Å². The molecule has 6 nitrogen and oxygen atoms in total. The van der Waals surface area contributed by atoms with Crippen molar-refractivity contribution in [2.24, 2.45) is 0 Å². The van der Waals surface area contributed by atoms with E-state index < -0.39 is 0 Å². The number of aromatic nitrogens is 3. The van der Waals surface area contributed by atoms with E-state index in [4.69, 9.17) is 16.4 Å². The molecule has 0 radical (unpaired) electrons. The summed E-state index contributed by atoms with van der Waals surface area (Å²) >= 11 is 5.95. The number of nitrogens with one attached hydrogen (secondary N) is 2. The normalized spacial score (nSPS) is 12.2. The second-order valence-corrected chi connectivity index (χ2v) is 5.75. The Morgan fingerprint density at radius 2 is 2.13 bits per heavy atom. The molecule has 2 N–H and O–H groups in total. The molecule has 0 aliphatic rings. The van der Waals surface area contributed by atoms with Gasteiger partial charge >= 0.3 is 0 Å². The molecule has 0 aliphatic carbocycles. The highest BCUT2D eigenvalue weighted by molar-refractivity contribution is 6.30. The van der Waals surface area contributed by atoms with Crippen LogP contribution in [0.25, 0.3) is 0 Å². The van der Waals surface area contributed by atoms with Gasteiger partial charge in [0.1, 0.15) is 12.1 Å². The summed E-state index contributed by atoms with van der Waals surface area (Å²) in [6, 6.07) is 2.06. The molecular formula is C16H22ClN5O. The van der Waals surface area contributed by atoms with Crippen LogP contribution in [0.5, 0.6) is 0 Å². The Morgan fingerprint density at radius 1 is 1.30 bits per heavy atom. The van der Waals surface area contributed by atoms with Crippen LogP contribution in [-0.2, 0) is 17.8 Å². The van der Waals surface area contributed by atoms with Crippen LogP contribution in [0.15, 0.2) is 24.8 Å². The summed E-state index contributed by atoms with van der Waals surface area (Å²) in [5, 5.41) is 3.94. The van der Waals surface area contributed by atoms with Crippen LogP contribution in [0.4, 0.5) is 5.82 Å². The van der Waals surface area contributed by atoms with Crippen LogP contribution in [0.1, 0.15) is 30.7 Å². The summed E-state index contributed by atoms with van der Waals surface area (Å²) in [6.45, 7) is 7.26. The summed E-state index contributed by atoms with van der Waals surface area (Å²) in [4.78, 5) is 18.0. The summed E-state index contributed by atoms with van der Waals surface area (Å²) < 4.78 is 0. The number of anilines is 1. The molecule has 7 heteroatoms. The number of hydrogen-bond donors (Lipinski definition) is 2. The van der Waals surface area contributed by atoms with Crippen molar-refractivity contribution in [1.29, 1.82) is 0 Å². The van der Waals surface area contributed by atoms with E-state index in [0.29, 0.717) is 18.2 Å². The third-order valence-electron chi connectivity index (χ3n) is 3.34. The van der Waals surface area contributed by atoms with E-state index in [1.54, 1.807) is 18.7 Å². The Hall–Kier alpha value is -1.76. The number of hydroxylamine groups is 1. The molecule has 0 amide bonds. The summed E-state index contributed by atoms with van der Waals surface area (Å²) in [5.41, 5.74) is 6.02. The van der Waals surface area contributed by atoms with Gasteiger partial charge in [-0.05, 0) is 32.4 Å². The lowest BCUT2D eigenvalue weighted by molar-refractivity contribution is 0.0287. The van der Waals surface area contributed by atoms with Gasteiger partial charge in [-0.1, -0.05) is 11.6 Å². The minimum Gasteiger partial charge on any atom is -0.366 e. The van der Waals surface area contributed by atoms with E-state index in [1.807, 2.05) is 19.9 Å². The first-order chi connectivity index (χ1) is 11.1. The lowest BCUT2D eigenvalue weighted by atomic mass is 10.1. The minimum atomic E-state index is 0.175. The van der Waals surface area contributed by atoms with Gasteiger partial charge < -0.3 is 10.2 Å². The van der Waals surface area contributed by atoms with Gasteiger partial charge in [-0.15, -0.1) is 0 Å². The molecule has 0 aromatic carbocycles. The van der Waals surface area contributed by atoms with E-state index in [2.05, 4.69) is 32.7 Å². The van der Waals surface area contributed by atoms with Gasteiger partial charge in [0.25, 0.3) is 0 Å². The lowest BCUT2D eigenvalue weighted by Crippen LogP contribution is -2.29. The molecule has 0 fully saturated rings. The SMILES string of the molecule is CCONC(C)Cc1ncnc(NCc2cncc(Cl)c2)c1C. The largest absolute Gasteiger partial charge is 0.366 e. The maximum atomic E-state index is 5.95. The van der Waals surface area contributed by atoms with Gasteiger partial charge in [-0.25, -0.2) is 9.97 Å². The standard InChI is InChI=1S/C16H22ClN5O/c1-4-23-22-11(2)5-15-12(3)16(21-10-20-15)19-8-13-6-14(17)9-18-7-13/h6-7,9-11,22H,4-5,8H2,1-3H3,(H,19,20,21). The zero-order chi connectivity index (χ0) is 16.7. The van der Waals surface area contributed by atoms with E-state index >= 15 is 0 Å². The Bertz CT molecular complexity index is 638. The molecule has 124 valence electrons. The molecule has 23 heavy (non-hydrogen) atoms. The maximum absolute atomic E-state index is 5.95. The Balaban J connectivity index is 2.01. The van der Waals surface area contributed by atoms with Crippen LogP contribution in [0, 0.1) is 6.92 Å². The highest BCUT2D eigenvalue weighted by Gasteiger charge is 2.11. The monoisotopic (exact) mass is 335 g/mol. The molecule has 0 aliphatic heterocycles. The fourth-order valence-corrected chi connectivity index (χ4v) is 2.36. The maximum Gasteiger partial charge on any atom is 0.132 e. The molecule has 2 heterocycles. The van der Waals surface area contributed by atoms with E-state index in [-0.39, 0.29) is 6.04 Å². The first-order valence-corrected chi connectivity index (χ1v) is 7.99. The van der Waals surface area contributed by atoms with Gasteiger partial charge in [0, 0.05) is 37.0 Å². The second-order valence-electron chi connectivity index (χ2n) is 5.31. The molecule has 2 rings (SSSR count).